The van der Waals surface area contributed by atoms with Gasteiger partial charge in [0, 0.05) is 18.8 Å². The highest BCUT2D eigenvalue weighted by atomic mass is 32.1. The summed E-state index contributed by atoms with van der Waals surface area (Å²) in [7, 11) is 0. The minimum Gasteiger partial charge on any atom is -0.396 e. The predicted octanol–water partition coefficient (Wildman–Crippen LogP) is 3.23. The number of thiazole rings is 1. The monoisotopic (exact) mass is 484 g/mol. The van der Waals surface area contributed by atoms with Gasteiger partial charge in [-0.1, -0.05) is 0 Å². The van der Waals surface area contributed by atoms with Crippen LogP contribution in [0, 0.1) is 25.7 Å². The summed E-state index contributed by atoms with van der Waals surface area (Å²) in [5, 5.41) is 38.9. The summed E-state index contributed by atoms with van der Waals surface area (Å²) in [5.41, 5.74) is 1.57. The summed E-state index contributed by atoms with van der Waals surface area (Å²) in [6.07, 6.45) is 4.56. The molecule has 0 bridgehead atoms. The minimum absolute atomic E-state index is 0.0259. The lowest BCUT2D eigenvalue weighted by Crippen LogP contribution is -2.47. The van der Waals surface area contributed by atoms with Gasteiger partial charge in [0.1, 0.15) is 22.4 Å². The molecule has 0 aromatic carbocycles. The van der Waals surface area contributed by atoms with Crippen molar-refractivity contribution >= 4 is 33.3 Å². The van der Waals surface area contributed by atoms with E-state index >= 15 is 0 Å². The second-order valence-corrected chi connectivity index (χ2v) is 10.7. The van der Waals surface area contributed by atoms with Crippen LogP contribution in [0.3, 0.4) is 0 Å². The normalized spacial score (nSPS) is 25.6. The van der Waals surface area contributed by atoms with Gasteiger partial charge in [-0.05, 0) is 70.8 Å². The summed E-state index contributed by atoms with van der Waals surface area (Å²) in [6.45, 7) is 5.95. The lowest BCUT2D eigenvalue weighted by Gasteiger charge is -2.31. The van der Waals surface area contributed by atoms with Gasteiger partial charge >= 0.3 is 0 Å². The highest BCUT2D eigenvalue weighted by molar-refractivity contribution is 7.21. The number of aromatic nitrogens is 4. The molecule has 182 valence electrons. The highest BCUT2D eigenvalue weighted by Gasteiger charge is 2.47. The van der Waals surface area contributed by atoms with E-state index < -0.39 is 11.8 Å². The molecule has 0 saturated heterocycles. The van der Waals surface area contributed by atoms with Gasteiger partial charge in [0.15, 0.2) is 5.72 Å². The van der Waals surface area contributed by atoms with Crippen molar-refractivity contribution < 1.29 is 15.3 Å². The molecule has 10 heteroatoms. The van der Waals surface area contributed by atoms with Gasteiger partial charge in [0.25, 0.3) is 0 Å². The molecule has 34 heavy (non-hydrogen) atoms. The average Bonchev–Trinajstić information content (AvgIpc) is 3.50. The van der Waals surface area contributed by atoms with Crippen LogP contribution in [0.1, 0.15) is 50.4 Å². The first-order valence-corrected chi connectivity index (χ1v) is 12.8. The fraction of sp³-hybridized carbons (Fsp3) is 0.583. The number of anilines is 2. The Kier molecular flexibility index (Phi) is 6.18. The lowest BCUT2D eigenvalue weighted by atomic mass is 10.00. The second kappa shape index (κ2) is 8.99. The third kappa shape index (κ3) is 4.35. The van der Waals surface area contributed by atoms with Crippen LogP contribution in [0.15, 0.2) is 12.3 Å². The lowest BCUT2D eigenvalue weighted by molar-refractivity contribution is -0.0500. The summed E-state index contributed by atoms with van der Waals surface area (Å²) >= 11 is 1.53. The van der Waals surface area contributed by atoms with Gasteiger partial charge < -0.3 is 26.0 Å². The molecule has 9 nitrogen and oxygen atoms in total. The number of hydrogen-bond acceptors (Lipinski definition) is 10. The third-order valence-electron chi connectivity index (χ3n) is 7.15. The molecule has 5 rings (SSSR count). The molecule has 0 spiro atoms. The number of pyridine rings is 1. The first-order chi connectivity index (χ1) is 16.3. The van der Waals surface area contributed by atoms with Crippen LogP contribution in [0.5, 0.6) is 0 Å². The quantitative estimate of drug-likeness (QED) is 0.305. The molecule has 2 aliphatic rings. The largest absolute Gasteiger partial charge is 0.396 e. The van der Waals surface area contributed by atoms with Crippen LogP contribution >= 0.6 is 11.3 Å². The first kappa shape index (κ1) is 23.3. The molecular formula is C24H32N6O3S. The maximum Gasteiger partial charge on any atom is 0.225 e. The minimum atomic E-state index is -1.55. The van der Waals surface area contributed by atoms with Crippen LogP contribution in [-0.4, -0.2) is 59.7 Å². The average molecular weight is 485 g/mol. The molecular weight excluding hydrogens is 452 g/mol. The van der Waals surface area contributed by atoms with E-state index in [1.165, 1.54) is 24.2 Å². The Morgan fingerprint density at radius 3 is 2.68 bits per heavy atom. The van der Waals surface area contributed by atoms with E-state index in [9.17, 15) is 15.3 Å². The van der Waals surface area contributed by atoms with Crippen LogP contribution in [-0.2, 0) is 0 Å². The Morgan fingerprint density at radius 1 is 1.18 bits per heavy atom. The van der Waals surface area contributed by atoms with Crippen LogP contribution in [0.2, 0.25) is 0 Å². The zero-order chi connectivity index (χ0) is 24.0. The molecule has 0 unspecified atom stereocenters. The van der Waals surface area contributed by atoms with Gasteiger partial charge in [0.05, 0.1) is 21.7 Å². The van der Waals surface area contributed by atoms with Gasteiger partial charge in [-0.25, -0.2) is 9.97 Å². The molecule has 3 heterocycles. The zero-order valence-electron chi connectivity index (χ0n) is 19.7. The summed E-state index contributed by atoms with van der Waals surface area (Å²) in [5.74, 6) is 1.37. The Morgan fingerprint density at radius 2 is 1.97 bits per heavy atom. The SMILES string of the molecule is Cc1nc(N[C@H](C)C2CC2)nc(N[C@@]2(O)CC[C@H](CCO)[C@H]2O)c1-c1nc2c(C)nccc2s1. The Balaban J connectivity index is 1.56. The van der Waals surface area contributed by atoms with Crippen molar-refractivity contribution in [1.82, 2.24) is 19.9 Å². The van der Waals surface area contributed by atoms with Gasteiger partial charge in [0.2, 0.25) is 5.95 Å². The van der Waals surface area contributed by atoms with Crippen LogP contribution in [0.25, 0.3) is 20.8 Å². The molecule has 0 amide bonds. The van der Waals surface area contributed by atoms with Crippen molar-refractivity contribution in [3.63, 3.8) is 0 Å². The number of aliphatic hydroxyl groups excluding tert-OH is 2. The molecule has 2 fully saturated rings. The Hall–Kier alpha value is -2.40. The summed E-state index contributed by atoms with van der Waals surface area (Å²) in [6, 6.07) is 2.19. The van der Waals surface area contributed by atoms with Crippen molar-refractivity contribution in [2.75, 3.05) is 17.2 Å². The topological polar surface area (TPSA) is 136 Å². The number of rotatable bonds is 8. The molecule has 3 aromatic rings. The first-order valence-electron chi connectivity index (χ1n) is 12.0. The molecule has 4 atom stereocenters. The van der Waals surface area contributed by atoms with E-state index in [2.05, 4.69) is 22.5 Å². The van der Waals surface area contributed by atoms with Gasteiger partial charge in [-0.2, -0.15) is 4.98 Å². The van der Waals surface area contributed by atoms with Crippen molar-refractivity contribution in [3.05, 3.63) is 23.7 Å². The number of hydrogen-bond donors (Lipinski definition) is 5. The molecule has 0 radical (unpaired) electrons. The Labute approximate surface area is 202 Å². The molecule has 5 N–H and O–H groups in total. The van der Waals surface area contributed by atoms with E-state index in [-0.39, 0.29) is 18.6 Å². The van der Waals surface area contributed by atoms with E-state index in [1.54, 1.807) is 6.20 Å². The summed E-state index contributed by atoms with van der Waals surface area (Å²) < 4.78 is 1.01. The van der Waals surface area contributed by atoms with E-state index in [0.29, 0.717) is 42.5 Å². The molecule has 0 aliphatic heterocycles. The maximum atomic E-state index is 11.4. The summed E-state index contributed by atoms with van der Waals surface area (Å²) in [4.78, 5) is 18.7. The van der Waals surface area contributed by atoms with E-state index in [1.807, 2.05) is 19.9 Å². The van der Waals surface area contributed by atoms with Crippen molar-refractivity contribution in [2.24, 2.45) is 11.8 Å². The molecule has 3 aromatic heterocycles. The standard InChI is InChI=1S/C24H32N6O3S/c1-12(15-4-5-15)26-23-27-13(2)18(22-28-19-14(3)25-10-7-17(19)34-22)21(29-23)30-24(33)9-6-16(8-11-31)20(24)32/h7,10,12,15-16,20,31-33H,4-6,8-9,11H2,1-3H3,(H2,26,27,29,30)/t12-,16-,20-,24-/m1/s1. The third-order valence-corrected chi connectivity index (χ3v) is 8.18. The van der Waals surface area contributed by atoms with Gasteiger partial charge in [-0.15, -0.1) is 11.3 Å². The van der Waals surface area contributed by atoms with Crippen LogP contribution in [0.4, 0.5) is 11.8 Å². The van der Waals surface area contributed by atoms with Crippen molar-refractivity contribution in [1.29, 1.82) is 0 Å². The van der Waals surface area contributed by atoms with Crippen LogP contribution < -0.4 is 10.6 Å². The van der Waals surface area contributed by atoms with Crippen molar-refractivity contribution in [2.45, 2.75) is 70.7 Å². The predicted molar refractivity (Wildman–Crippen MR) is 133 cm³/mol. The molecule has 2 aliphatic carbocycles. The fourth-order valence-electron chi connectivity index (χ4n) is 4.90. The van der Waals surface area contributed by atoms with Crippen molar-refractivity contribution in [3.8, 4) is 10.6 Å². The number of nitrogens with zero attached hydrogens (tertiary/aromatic N) is 4. The van der Waals surface area contributed by atoms with E-state index in [0.717, 1.165) is 26.6 Å². The number of nitrogens with one attached hydrogen (secondary N) is 2. The smallest absolute Gasteiger partial charge is 0.225 e. The number of aryl methyl sites for hydroxylation is 2. The maximum absolute atomic E-state index is 11.4. The second-order valence-electron chi connectivity index (χ2n) is 9.69. The zero-order valence-corrected chi connectivity index (χ0v) is 20.6. The number of fused-ring (bicyclic) bond motifs is 1. The molecule has 2 saturated carbocycles. The van der Waals surface area contributed by atoms with E-state index in [4.69, 9.17) is 15.0 Å². The highest BCUT2D eigenvalue weighted by Crippen LogP contribution is 2.42. The fourth-order valence-corrected chi connectivity index (χ4v) is 6.01. The Bertz CT molecular complexity index is 1200. The number of aliphatic hydroxyl groups is 3. The van der Waals surface area contributed by atoms with Gasteiger partial charge in [-0.3, -0.25) is 4.98 Å².